The summed E-state index contributed by atoms with van der Waals surface area (Å²) in [4.78, 5) is 26.0. The highest BCUT2D eigenvalue weighted by Crippen LogP contribution is 2.28. The number of aryl methyl sites for hydroxylation is 1. The Hall–Kier alpha value is -4.64. The summed E-state index contributed by atoms with van der Waals surface area (Å²) in [5, 5.41) is 4.23. The van der Waals surface area contributed by atoms with Crippen LogP contribution in [-0.4, -0.2) is 22.0 Å². The summed E-state index contributed by atoms with van der Waals surface area (Å²) in [6, 6.07) is 34.0. The molecule has 1 aromatic heterocycles. The standard InChI is InChI=1S/C37H38N2O3/c1-6-33(28-12-8-7-9-13-28)38-35(40)29-20-21-34-30(23-29)22-25(2)39(34)24-26-16-18-27(19-17-26)31-14-10-11-15-32(31)36(41)42-37(3,4)5/h7-23,33H,6,24H2,1-5H3,(H,38,40). The molecule has 1 unspecified atom stereocenters. The molecule has 4 aromatic carbocycles. The van der Waals surface area contributed by atoms with Gasteiger partial charge in [-0.25, -0.2) is 4.79 Å². The highest BCUT2D eigenvalue weighted by Gasteiger charge is 2.21. The number of carbonyl (C=O) groups is 2. The van der Waals surface area contributed by atoms with Crippen LogP contribution in [0.4, 0.5) is 0 Å². The Kier molecular flexibility index (Phi) is 8.30. The molecule has 5 heteroatoms. The molecular weight excluding hydrogens is 520 g/mol. The first-order valence-electron chi connectivity index (χ1n) is 14.5. The molecule has 0 aliphatic heterocycles. The van der Waals surface area contributed by atoms with Crippen LogP contribution in [-0.2, 0) is 11.3 Å². The summed E-state index contributed by atoms with van der Waals surface area (Å²) in [6.45, 7) is 10.5. The Morgan fingerprint density at radius 1 is 0.857 bits per heavy atom. The van der Waals surface area contributed by atoms with E-state index in [0.29, 0.717) is 17.7 Å². The van der Waals surface area contributed by atoms with E-state index in [1.54, 1.807) is 0 Å². The van der Waals surface area contributed by atoms with Crippen molar-refractivity contribution in [3.8, 4) is 11.1 Å². The molecule has 0 spiro atoms. The average Bonchev–Trinajstić information content (AvgIpc) is 3.29. The van der Waals surface area contributed by atoms with E-state index in [0.717, 1.165) is 45.3 Å². The Bertz CT molecular complexity index is 1710. The number of hydrogen-bond donors (Lipinski definition) is 1. The fourth-order valence-corrected chi connectivity index (χ4v) is 5.33. The number of nitrogens with one attached hydrogen (secondary N) is 1. The van der Waals surface area contributed by atoms with E-state index in [2.05, 4.69) is 54.1 Å². The SMILES string of the molecule is CCC(NC(=O)c1ccc2c(c1)cc(C)n2Cc1ccc(-c2ccccc2C(=O)OC(C)(C)C)cc1)c1ccccc1. The number of esters is 1. The van der Waals surface area contributed by atoms with E-state index < -0.39 is 5.60 Å². The maximum Gasteiger partial charge on any atom is 0.339 e. The number of amides is 1. The first-order valence-corrected chi connectivity index (χ1v) is 14.5. The Balaban J connectivity index is 1.34. The summed E-state index contributed by atoms with van der Waals surface area (Å²) < 4.78 is 7.90. The van der Waals surface area contributed by atoms with Crippen LogP contribution in [0.15, 0.2) is 103 Å². The van der Waals surface area contributed by atoms with Crippen molar-refractivity contribution >= 4 is 22.8 Å². The molecule has 0 aliphatic rings. The van der Waals surface area contributed by atoms with Gasteiger partial charge >= 0.3 is 5.97 Å². The second-order valence-electron chi connectivity index (χ2n) is 11.7. The molecule has 1 heterocycles. The van der Waals surface area contributed by atoms with E-state index in [9.17, 15) is 9.59 Å². The molecule has 0 saturated carbocycles. The average molecular weight is 559 g/mol. The fourth-order valence-electron chi connectivity index (χ4n) is 5.33. The smallest absolute Gasteiger partial charge is 0.339 e. The quantitative estimate of drug-likeness (QED) is 0.194. The van der Waals surface area contributed by atoms with Gasteiger partial charge in [0.2, 0.25) is 0 Å². The van der Waals surface area contributed by atoms with Gasteiger partial charge in [0.15, 0.2) is 0 Å². The van der Waals surface area contributed by atoms with Gasteiger partial charge in [-0.15, -0.1) is 0 Å². The molecule has 0 radical (unpaired) electrons. The Labute approximate surface area is 248 Å². The normalized spacial score (nSPS) is 12.2. The van der Waals surface area contributed by atoms with Gasteiger partial charge in [-0.3, -0.25) is 4.79 Å². The van der Waals surface area contributed by atoms with Crippen LogP contribution in [0.5, 0.6) is 0 Å². The second-order valence-corrected chi connectivity index (χ2v) is 11.7. The van der Waals surface area contributed by atoms with E-state index >= 15 is 0 Å². The predicted molar refractivity (Wildman–Crippen MR) is 170 cm³/mol. The summed E-state index contributed by atoms with van der Waals surface area (Å²) in [5.74, 6) is -0.393. The number of ether oxygens (including phenoxy) is 1. The number of aromatic nitrogens is 1. The summed E-state index contributed by atoms with van der Waals surface area (Å²) in [5.41, 5.74) is 6.92. The summed E-state index contributed by atoms with van der Waals surface area (Å²) in [7, 11) is 0. The zero-order valence-corrected chi connectivity index (χ0v) is 25.0. The molecule has 5 aromatic rings. The van der Waals surface area contributed by atoms with Crippen molar-refractivity contribution in [2.75, 3.05) is 0 Å². The minimum absolute atomic E-state index is 0.0280. The molecule has 42 heavy (non-hydrogen) atoms. The lowest BCUT2D eigenvalue weighted by molar-refractivity contribution is 0.00703. The molecule has 0 aliphatic carbocycles. The monoisotopic (exact) mass is 558 g/mol. The third-order valence-corrected chi connectivity index (χ3v) is 7.44. The maximum atomic E-state index is 13.1. The molecule has 214 valence electrons. The van der Waals surface area contributed by atoms with Gasteiger partial charge in [0.25, 0.3) is 5.91 Å². The van der Waals surface area contributed by atoms with Gasteiger partial charge in [0.1, 0.15) is 5.60 Å². The number of carbonyl (C=O) groups excluding carboxylic acids is 2. The van der Waals surface area contributed by atoms with Crippen molar-refractivity contribution in [3.63, 3.8) is 0 Å². The maximum absolute atomic E-state index is 13.1. The zero-order valence-electron chi connectivity index (χ0n) is 25.0. The van der Waals surface area contributed by atoms with Gasteiger partial charge < -0.3 is 14.6 Å². The summed E-state index contributed by atoms with van der Waals surface area (Å²) in [6.07, 6.45) is 0.818. The molecular formula is C37H38N2O3. The lowest BCUT2D eigenvalue weighted by Crippen LogP contribution is -2.28. The van der Waals surface area contributed by atoms with Crippen LogP contribution in [0, 0.1) is 6.92 Å². The van der Waals surface area contributed by atoms with Crippen molar-refractivity contribution in [2.24, 2.45) is 0 Å². The highest BCUT2D eigenvalue weighted by atomic mass is 16.6. The largest absolute Gasteiger partial charge is 0.456 e. The number of benzene rings is 4. The lowest BCUT2D eigenvalue weighted by Gasteiger charge is -2.20. The van der Waals surface area contributed by atoms with Crippen molar-refractivity contribution in [1.82, 2.24) is 9.88 Å². The van der Waals surface area contributed by atoms with Crippen molar-refractivity contribution in [2.45, 2.75) is 59.2 Å². The van der Waals surface area contributed by atoms with E-state index in [1.165, 1.54) is 0 Å². The topological polar surface area (TPSA) is 60.3 Å². The van der Waals surface area contributed by atoms with Gasteiger partial charge in [0, 0.05) is 28.7 Å². The Morgan fingerprint density at radius 3 is 2.24 bits per heavy atom. The van der Waals surface area contributed by atoms with Crippen LogP contribution in [0.2, 0.25) is 0 Å². The number of hydrogen-bond acceptors (Lipinski definition) is 3. The predicted octanol–water partition coefficient (Wildman–Crippen LogP) is 8.50. The first kappa shape index (κ1) is 28.9. The van der Waals surface area contributed by atoms with Gasteiger partial charge in [-0.1, -0.05) is 79.7 Å². The zero-order chi connectivity index (χ0) is 29.9. The third-order valence-electron chi connectivity index (χ3n) is 7.44. The van der Waals surface area contributed by atoms with Crippen LogP contribution in [0.3, 0.4) is 0 Å². The van der Waals surface area contributed by atoms with Crippen molar-refractivity contribution in [3.05, 3.63) is 131 Å². The van der Waals surface area contributed by atoms with E-state index in [4.69, 9.17) is 4.74 Å². The minimum atomic E-state index is -0.559. The molecule has 0 saturated heterocycles. The van der Waals surface area contributed by atoms with Crippen LogP contribution in [0.25, 0.3) is 22.0 Å². The minimum Gasteiger partial charge on any atom is -0.456 e. The first-order chi connectivity index (χ1) is 20.1. The van der Waals surface area contributed by atoms with Gasteiger partial charge in [0.05, 0.1) is 11.6 Å². The van der Waals surface area contributed by atoms with Crippen LogP contribution < -0.4 is 5.32 Å². The van der Waals surface area contributed by atoms with Gasteiger partial charge in [-0.05, 0) is 86.7 Å². The van der Waals surface area contributed by atoms with Crippen molar-refractivity contribution < 1.29 is 14.3 Å². The van der Waals surface area contributed by atoms with Gasteiger partial charge in [-0.2, -0.15) is 0 Å². The number of rotatable bonds is 8. The van der Waals surface area contributed by atoms with E-state index in [-0.39, 0.29) is 17.9 Å². The summed E-state index contributed by atoms with van der Waals surface area (Å²) >= 11 is 0. The highest BCUT2D eigenvalue weighted by molar-refractivity contribution is 5.99. The van der Waals surface area contributed by atoms with E-state index in [1.807, 2.05) is 93.6 Å². The van der Waals surface area contributed by atoms with Crippen LogP contribution >= 0.6 is 0 Å². The molecule has 5 rings (SSSR count). The molecule has 1 atom stereocenters. The Morgan fingerprint density at radius 2 is 1.55 bits per heavy atom. The number of fused-ring (bicyclic) bond motifs is 1. The van der Waals surface area contributed by atoms with Crippen LogP contribution in [0.1, 0.15) is 77.7 Å². The molecule has 1 N–H and O–H groups in total. The number of nitrogens with zero attached hydrogens (tertiary/aromatic N) is 1. The fraction of sp³-hybridized carbons (Fsp3) is 0.243. The molecule has 1 amide bonds. The second kappa shape index (κ2) is 12.1. The van der Waals surface area contributed by atoms with Crippen molar-refractivity contribution in [1.29, 1.82) is 0 Å². The molecule has 0 bridgehead atoms. The molecule has 0 fully saturated rings. The molecule has 5 nitrogen and oxygen atoms in total. The third kappa shape index (κ3) is 6.46. The lowest BCUT2D eigenvalue weighted by atomic mass is 9.98.